The summed E-state index contributed by atoms with van der Waals surface area (Å²) in [5.41, 5.74) is 4.42. The highest BCUT2D eigenvalue weighted by molar-refractivity contribution is 6.33. The number of aromatic nitrogens is 1. The van der Waals surface area contributed by atoms with E-state index in [1.807, 2.05) is 25.1 Å². The zero-order valence-corrected chi connectivity index (χ0v) is 17.5. The quantitative estimate of drug-likeness (QED) is 0.394. The third kappa shape index (κ3) is 4.16. The number of benzene rings is 3. The Bertz CT molecular complexity index is 1200. The van der Waals surface area contributed by atoms with E-state index in [0.29, 0.717) is 39.9 Å². The number of amides is 1. The molecule has 0 aliphatic heterocycles. The number of carbonyl (C=O) groups excluding carboxylic acids is 1. The molecule has 4 aromatic rings. The number of hydrogen-bond donors (Lipinski definition) is 1. The van der Waals surface area contributed by atoms with Crippen LogP contribution in [0.4, 0.5) is 5.69 Å². The average Bonchev–Trinajstić information content (AvgIpc) is 3.18. The zero-order chi connectivity index (χ0) is 21.1. The van der Waals surface area contributed by atoms with Gasteiger partial charge in [0.1, 0.15) is 11.3 Å². The van der Waals surface area contributed by atoms with Gasteiger partial charge in [-0.3, -0.25) is 4.79 Å². The highest BCUT2D eigenvalue weighted by atomic mass is 35.5. The molecule has 5 nitrogen and oxygen atoms in total. The predicted molar refractivity (Wildman–Crippen MR) is 119 cm³/mol. The lowest BCUT2D eigenvalue weighted by molar-refractivity contribution is 0.102. The summed E-state index contributed by atoms with van der Waals surface area (Å²) in [5, 5.41) is 3.39. The van der Waals surface area contributed by atoms with Crippen molar-refractivity contribution in [2.45, 2.75) is 20.3 Å². The molecule has 0 unspecified atom stereocenters. The maximum atomic E-state index is 12.6. The van der Waals surface area contributed by atoms with E-state index in [1.165, 1.54) is 5.56 Å². The highest BCUT2D eigenvalue weighted by Gasteiger charge is 2.14. The van der Waals surface area contributed by atoms with Gasteiger partial charge in [0.05, 0.1) is 17.2 Å². The van der Waals surface area contributed by atoms with Crippen molar-refractivity contribution in [2.24, 2.45) is 0 Å². The second-order valence-corrected chi connectivity index (χ2v) is 7.19. The third-order valence-electron chi connectivity index (χ3n) is 4.74. The standard InChI is InChI=1S/C24H21ClN2O3/c1-3-15-5-12-22-21(13-15)27-24(30-22)19-14-17(8-11-20(19)25)26-23(28)16-6-9-18(10-7-16)29-4-2/h5-14H,3-4H2,1-2H3,(H,26,28). The number of fused-ring (bicyclic) bond motifs is 1. The van der Waals surface area contributed by atoms with Gasteiger partial charge in [0.25, 0.3) is 5.91 Å². The molecular weight excluding hydrogens is 400 g/mol. The summed E-state index contributed by atoms with van der Waals surface area (Å²) in [6.07, 6.45) is 0.923. The number of oxazole rings is 1. The van der Waals surface area contributed by atoms with Gasteiger partial charge >= 0.3 is 0 Å². The van der Waals surface area contributed by atoms with Gasteiger partial charge in [-0.2, -0.15) is 0 Å². The van der Waals surface area contributed by atoms with Crippen LogP contribution in [0.5, 0.6) is 5.75 Å². The average molecular weight is 421 g/mol. The number of aryl methyl sites for hydroxylation is 1. The lowest BCUT2D eigenvalue weighted by Gasteiger charge is -2.08. The number of nitrogens with zero attached hydrogens (tertiary/aromatic N) is 1. The summed E-state index contributed by atoms with van der Waals surface area (Å²) in [5.74, 6) is 0.918. The first-order valence-electron chi connectivity index (χ1n) is 9.81. The van der Waals surface area contributed by atoms with Gasteiger partial charge in [-0.05, 0) is 73.5 Å². The number of nitrogens with one attached hydrogen (secondary N) is 1. The molecule has 4 rings (SSSR count). The lowest BCUT2D eigenvalue weighted by atomic mass is 10.1. The number of ether oxygens (including phenoxy) is 1. The van der Waals surface area contributed by atoms with E-state index in [1.54, 1.807) is 42.5 Å². The molecule has 0 spiro atoms. The third-order valence-corrected chi connectivity index (χ3v) is 5.07. The molecule has 6 heteroatoms. The van der Waals surface area contributed by atoms with Crippen LogP contribution in [0, 0.1) is 0 Å². The Hall–Kier alpha value is -3.31. The van der Waals surface area contributed by atoms with Crippen LogP contribution in [0.1, 0.15) is 29.8 Å². The van der Waals surface area contributed by atoms with Crippen LogP contribution >= 0.6 is 11.6 Å². The molecular formula is C24H21ClN2O3. The largest absolute Gasteiger partial charge is 0.494 e. The maximum Gasteiger partial charge on any atom is 0.255 e. The first kappa shape index (κ1) is 20.0. The molecule has 1 N–H and O–H groups in total. The van der Waals surface area contributed by atoms with Crippen molar-refractivity contribution < 1.29 is 13.9 Å². The number of halogens is 1. The highest BCUT2D eigenvalue weighted by Crippen LogP contribution is 2.32. The summed E-state index contributed by atoms with van der Waals surface area (Å²) in [6.45, 7) is 4.59. The Morgan fingerprint density at radius 1 is 1.07 bits per heavy atom. The van der Waals surface area contributed by atoms with Crippen LogP contribution in [0.2, 0.25) is 5.02 Å². The van der Waals surface area contributed by atoms with Crippen molar-refractivity contribution in [3.8, 4) is 17.2 Å². The SMILES string of the molecule is CCOc1ccc(C(=O)Nc2ccc(Cl)c(-c3nc4cc(CC)ccc4o3)c2)cc1. The van der Waals surface area contributed by atoms with Crippen molar-refractivity contribution in [1.82, 2.24) is 4.98 Å². The minimum absolute atomic E-state index is 0.225. The summed E-state index contributed by atoms with van der Waals surface area (Å²) < 4.78 is 11.3. The smallest absolute Gasteiger partial charge is 0.255 e. The molecule has 30 heavy (non-hydrogen) atoms. The molecule has 1 heterocycles. The van der Waals surface area contributed by atoms with Crippen molar-refractivity contribution in [3.05, 3.63) is 76.8 Å². The Kier molecular flexibility index (Phi) is 5.72. The molecule has 0 radical (unpaired) electrons. The van der Waals surface area contributed by atoms with Crippen LogP contribution in [0.3, 0.4) is 0 Å². The molecule has 1 aromatic heterocycles. The second kappa shape index (κ2) is 8.59. The van der Waals surface area contributed by atoms with E-state index in [2.05, 4.69) is 17.2 Å². The topological polar surface area (TPSA) is 64.4 Å². The van der Waals surface area contributed by atoms with Crippen LogP contribution in [-0.2, 0) is 6.42 Å². The number of rotatable bonds is 6. The van der Waals surface area contributed by atoms with Crippen LogP contribution in [0.15, 0.2) is 65.1 Å². The van der Waals surface area contributed by atoms with E-state index in [0.717, 1.165) is 17.7 Å². The predicted octanol–water partition coefficient (Wildman–Crippen LogP) is 6.36. The normalized spacial score (nSPS) is 10.9. The Labute approximate surface area is 179 Å². The van der Waals surface area contributed by atoms with Crippen LogP contribution in [-0.4, -0.2) is 17.5 Å². The van der Waals surface area contributed by atoms with Gasteiger partial charge in [-0.15, -0.1) is 0 Å². The van der Waals surface area contributed by atoms with Crippen molar-refractivity contribution >= 4 is 34.3 Å². The van der Waals surface area contributed by atoms with E-state index < -0.39 is 0 Å². The van der Waals surface area contributed by atoms with Gasteiger partial charge < -0.3 is 14.5 Å². The molecule has 0 saturated carbocycles. The molecule has 3 aromatic carbocycles. The number of hydrogen-bond acceptors (Lipinski definition) is 4. The Balaban J connectivity index is 1.59. The molecule has 0 atom stereocenters. The van der Waals surface area contributed by atoms with Gasteiger partial charge in [0.2, 0.25) is 5.89 Å². The van der Waals surface area contributed by atoms with E-state index in [4.69, 9.17) is 20.8 Å². The first-order valence-corrected chi connectivity index (χ1v) is 10.2. The van der Waals surface area contributed by atoms with Crippen molar-refractivity contribution in [2.75, 3.05) is 11.9 Å². The van der Waals surface area contributed by atoms with E-state index in [9.17, 15) is 4.79 Å². The molecule has 152 valence electrons. The fourth-order valence-corrected chi connectivity index (χ4v) is 3.35. The van der Waals surface area contributed by atoms with E-state index in [-0.39, 0.29) is 5.91 Å². The van der Waals surface area contributed by atoms with Gasteiger partial charge in [-0.25, -0.2) is 4.98 Å². The van der Waals surface area contributed by atoms with Crippen molar-refractivity contribution in [1.29, 1.82) is 0 Å². The van der Waals surface area contributed by atoms with Crippen molar-refractivity contribution in [3.63, 3.8) is 0 Å². The summed E-state index contributed by atoms with van der Waals surface area (Å²) >= 11 is 6.39. The Morgan fingerprint density at radius 3 is 2.60 bits per heavy atom. The van der Waals surface area contributed by atoms with E-state index >= 15 is 0 Å². The van der Waals surface area contributed by atoms with Gasteiger partial charge in [0.15, 0.2) is 5.58 Å². The molecule has 0 fully saturated rings. The van der Waals surface area contributed by atoms with Crippen LogP contribution < -0.4 is 10.1 Å². The fraction of sp³-hybridized carbons (Fsp3) is 0.167. The Morgan fingerprint density at radius 2 is 1.87 bits per heavy atom. The minimum Gasteiger partial charge on any atom is -0.494 e. The second-order valence-electron chi connectivity index (χ2n) is 6.78. The molecule has 0 saturated heterocycles. The summed E-state index contributed by atoms with van der Waals surface area (Å²) in [6, 6.07) is 18.2. The first-order chi connectivity index (χ1) is 14.6. The maximum absolute atomic E-state index is 12.6. The zero-order valence-electron chi connectivity index (χ0n) is 16.7. The number of carbonyl (C=O) groups is 1. The summed E-state index contributed by atoms with van der Waals surface area (Å²) in [7, 11) is 0. The molecule has 0 bridgehead atoms. The molecule has 1 amide bonds. The monoisotopic (exact) mass is 420 g/mol. The minimum atomic E-state index is -0.225. The number of anilines is 1. The van der Waals surface area contributed by atoms with Crippen LogP contribution in [0.25, 0.3) is 22.6 Å². The van der Waals surface area contributed by atoms with Gasteiger partial charge in [-0.1, -0.05) is 24.6 Å². The lowest BCUT2D eigenvalue weighted by Crippen LogP contribution is -2.11. The molecule has 0 aliphatic carbocycles. The van der Waals surface area contributed by atoms with Gasteiger partial charge in [0, 0.05) is 11.3 Å². The summed E-state index contributed by atoms with van der Waals surface area (Å²) in [4.78, 5) is 17.2. The fourth-order valence-electron chi connectivity index (χ4n) is 3.15. The molecule has 0 aliphatic rings.